The van der Waals surface area contributed by atoms with Crippen LogP contribution in [0.15, 0.2) is 0 Å². The van der Waals surface area contributed by atoms with Crippen molar-refractivity contribution in [1.82, 2.24) is 10.6 Å². The summed E-state index contributed by atoms with van der Waals surface area (Å²) in [6.07, 6.45) is 0. The Labute approximate surface area is 72.7 Å². The van der Waals surface area contributed by atoms with E-state index in [4.69, 9.17) is 0 Å². The molecule has 4 heteroatoms. The first-order chi connectivity index (χ1) is 5.37. The molecule has 0 saturated heterocycles. The van der Waals surface area contributed by atoms with Crippen molar-refractivity contribution >= 4 is 11.8 Å². The van der Waals surface area contributed by atoms with E-state index in [2.05, 4.69) is 10.6 Å². The molecule has 12 heavy (non-hydrogen) atoms. The lowest BCUT2D eigenvalue weighted by atomic mass is 10.1. The van der Waals surface area contributed by atoms with Crippen molar-refractivity contribution in [3.8, 4) is 0 Å². The van der Waals surface area contributed by atoms with E-state index >= 15 is 0 Å². The van der Waals surface area contributed by atoms with Gasteiger partial charge in [-0.1, -0.05) is 0 Å². The normalized spacial score (nSPS) is 10.7. The molecule has 0 spiro atoms. The SMILES string of the molecule is CCNC(=O)C(=O)NC(C)(C)C. The summed E-state index contributed by atoms with van der Waals surface area (Å²) in [5.74, 6) is -1.16. The minimum atomic E-state index is -0.579. The number of rotatable bonds is 1. The molecule has 0 bridgehead atoms. The Bertz CT molecular complexity index is 182. The van der Waals surface area contributed by atoms with E-state index in [9.17, 15) is 9.59 Å². The Balaban J connectivity index is 3.97. The van der Waals surface area contributed by atoms with Crippen LogP contribution in [0.3, 0.4) is 0 Å². The second-order valence-corrected chi connectivity index (χ2v) is 3.56. The molecular weight excluding hydrogens is 156 g/mol. The highest BCUT2D eigenvalue weighted by Gasteiger charge is 2.18. The molecule has 4 nitrogen and oxygen atoms in total. The lowest BCUT2D eigenvalue weighted by Gasteiger charge is -2.19. The number of amides is 2. The van der Waals surface area contributed by atoms with E-state index in [0.29, 0.717) is 6.54 Å². The molecule has 0 aliphatic carbocycles. The molecule has 2 N–H and O–H groups in total. The molecule has 0 aromatic rings. The summed E-state index contributed by atoms with van der Waals surface area (Å²) in [5.41, 5.74) is -0.359. The second kappa shape index (κ2) is 4.09. The average Bonchev–Trinajstić information content (AvgIpc) is 1.84. The zero-order valence-electron chi connectivity index (χ0n) is 8.02. The van der Waals surface area contributed by atoms with E-state index < -0.39 is 11.8 Å². The summed E-state index contributed by atoms with van der Waals surface area (Å²) >= 11 is 0. The maximum absolute atomic E-state index is 11.0. The maximum atomic E-state index is 11.0. The van der Waals surface area contributed by atoms with Crippen LogP contribution in [0, 0.1) is 0 Å². The highest BCUT2D eigenvalue weighted by molar-refractivity contribution is 6.35. The minimum Gasteiger partial charge on any atom is -0.348 e. The molecule has 0 radical (unpaired) electrons. The summed E-state index contributed by atoms with van der Waals surface area (Å²) in [6.45, 7) is 7.71. The number of hydrogen-bond acceptors (Lipinski definition) is 2. The van der Waals surface area contributed by atoms with Crippen LogP contribution >= 0.6 is 0 Å². The Hall–Kier alpha value is -1.06. The Morgan fingerprint density at radius 2 is 1.67 bits per heavy atom. The van der Waals surface area contributed by atoms with E-state index in [1.54, 1.807) is 6.92 Å². The summed E-state index contributed by atoms with van der Waals surface area (Å²) in [7, 11) is 0. The van der Waals surface area contributed by atoms with Gasteiger partial charge in [-0.05, 0) is 27.7 Å². The summed E-state index contributed by atoms with van der Waals surface area (Å²) in [5, 5.41) is 4.97. The molecule has 0 rings (SSSR count). The van der Waals surface area contributed by atoms with Gasteiger partial charge in [0.15, 0.2) is 0 Å². The van der Waals surface area contributed by atoms with Crippen LogP contribution in [-0.2, 0) is 9.59 Å². The van der Waals surface area contributed by atoms with Gasteiger partial charge in [-0.25, -0.2) is 0 Å². The van der Waals surface area contributed by atoms with Gasteiger partial charge in [-0.15, -0.1) is 0 Å². The maximum Gasteiger partial charge on any atom is 0.309 e. The summed E-state index contributed by atoms with van der Waals surface area (Å²) in [6, 6.07) is 0. The van der Waals surface area contributed by atoms with Crippen molar-refractivity contribution in [3.63, 3.8) is 0 Å². The first kappa shape index (κ1) is 10.9. The van der Waals surface area contributed by atoms with Gasteiger partial charge in [0.25, 0.3) is 0 Å². The third kappa shape index (κ3) is 4.71. The fourth-order valence-corrected chi connectivity index (χ4v) is 0.638. The molecule has 0 heterocycles. The van der Waals surface area contributed by atoms with Gasteiger partial charge < -0.3 is 10.6 Å². The molecule has 70 valence electrons. The average molecular weight is 172 g/mol. The largest absolute Gasteiger partial charge is 0.348 e. The zero-order valence-corrected chi connectivity index (χ0v) is 8.02. The van der Waals surface area contributed by atoms with Crippen LogP contribution in [0.25, 0.3) is 0 Å². The number of likely N-dealkylation sites (N-methyl/N-ethyl adjacent to an activating group) is 1. The zero-order chi connectivity index (χ0) is 9.78. The number of nitrogens with one attached hydrogen (secondary N) is 2. The van der Waals surface area contributed by atoms with Gasteiger partial charge in [-0.2, -0.15) is 0 Å². The van der Waals surface area contributed by atoms with Crippen molar-refractivity contribution in [2.45, 2.75) is 33.2 Å². The van der Waals surface area contributed by atoms with Crippen LogP contribution in [0.2, 0.25) is 0 Å². The van der Waals surface area contributed by atoms with Crippen molar-refractivity contribution in [1.29, 1.82) is 0 Å². The smallest absolute Gasteiger partial charge is 0.309 e. The van der Waals surface area contributed by atoms with Crippen molar-refractivity contribution in [2.24, 2.45) is 0 Å². The van der Waals surface area contributed by atoms with Gasteiger partial charge in [-0.3, -0.25) is 9.59 Å². The van der Waals surface area contributed by atoms with Crippen LogP contribution in [0.1, 0.15) is 27.7 Å². The van der Waals surface area contributed by atoms with Gasteiger partial charge in [0.2, 0.25) is 0 Å². The van der Waals surface area contributed by atoms with E-state index in [-0.39, 0.29) is 5.54 Å². The fourth-order valence-electron chi connectivity index (χ4n) is 0.638. The summed E-state index contributed by atoms with van der Waals surface area (Å²) in [4.78, 5) is 21.9. The Kier molecular flexibility index (Phi) is 3.73. The van der Waals surface area contributed by atoms with E-state index in [1.165, 1.54) is 0 Å². The highest BCUT2D eigenvalue weighted by Crippen LogP contribution is 1.97. The topological polar surface area (TPSA) is 58.2 Å². The summed E-state index contributed by atoms with van der Waals surface area (Å²) < 4.78 is 0. The van der Waals surface area contributed by atoms with Crippen LogP contribution in [0.5, 0.6) is 0 Å². The third-order valence-corrected chi connectivity index (χ3v) is 1.03. The molecule has 0 aromatic heterocycles. The number of carbonyl (C=O) groups is 2. The molecule has 0 fully saturated rings. The molecule has 0 unspecified atom stereocenters. The highest BCUT2D eigenvalue weighted by atomic mass is 16.2. The Morgan fingerprint density at radius 1 is 1.17 bits per heavy atom. The van der Waals surface area contributed by atoms with Gasteiger partial charge in [0.1, 0.15) is 0 Å². The molecule has 2 amide bonds. The predicted molar refractivity (Wildman–Crippen MR) is 46.6 cm³/mol. The van der Waals surface area contributed by atoms with Crippen LogP contribution < -0.4 is 10.6 Å². The minimum absolute atomic E-state index is 0.359. The fraction of sp³-hybridized carbons (Fsp3) is 0.750. The monoisotopic (exact) mass is 172 g/mol. The first-order valence-corrected chi connectivity index (χ1v) is 3.97. The molecule has 0 aliphatic heterocycles. The number of hydrogen-bond donors (Lipinski definition) is 2. The predicted octanol–water partition coefficient (Wildman–Crippen LogP) is 0.0372. The van der Waals surface area contributed by atoms with Crippen molar-refractivity contribution in [3.05, 3.63) is 0 Å². The van der Waals surface area contributed by atoms with Gasteiger partial charge in [0.05, 0.1) is 0 Å². The molecule has 0 atom stereocenters. The molecule has 0 saturated carbocycles. The lowest BCUT2D eigenvalue weighted by molar-refractivity contribution is -0.140. The lowest BCUT2D eigenvalue weighted by Crippen LogP contribution is -2.48. The van der Waals surface area contributed by atoms with E-state index in [1.807, 2.05) is 20.8 Å². The van der Waals surface area contributed by atoms with E-state index in [0.717, 1.165) is 0 Å². The standard InChI is InChI=1S/C8H16N2O2/c1-5-9-6(11)7(12)10-8(2,3)4/h5H2,1-4H3,(H,9,11)(H,10,12). The molecule has 0 aliphatic rings. The third-order valence-electron chi connectivity index (χ3n) is 1.03. The second-order valence-electron chi connectivity index (χ2n) is 3.56. The van der Waals surface area contributed by atoms with Crippen LogP contribution in [0.4, 0.5) is 0 Å². The van der Waals surface area contributed by atoms with Crippen molar-refractivity contribution < 1.29 is 9.59 Å². The molecule has 0 aromatic carbocycles. The Morgan fingerprint density at radius 3 is 2.00 bits per heavy atom. The van der Waals surface area contributed by atoms with Gasteiger partial charge in [0, 0.05) is 12.1 Å². The first-order valence-electron chi connectivity index (χ1n) is 3.97. The molecular formula is C8H16N2O2. The van der Waals surface area contributed by atoms with Crippen LogP contribution in [-0.4, -0.2) is 23.9 Å². The quantitative estimate of drug-likeness (QED) is 0.548. The van der Waals surface area contributed by atoms with Gasteiger partial charge >= 0.3 is 11.8 Å². The van der Waals surface area contributed by atoms with Crippen molar-refractivity contribution in [2.75, 3.05) is 6.54 Å². The number of carbonyl (C=O) groups excluding carboxylic acids is 2.